The van der Waals surface area contributed by atoms with Gasteiger partial charge in [0.15, 0.2) is 6.10 Å². The number of likely N-dealkylation sites (tertiary alicyclic amines) is 1. The first-order chi connectivity index (χ1) is 13.1. The summed E-state index contributed by atoms with van der Waals surface area (Å²) in [7, 11) is 0. The summed E-state index contributed by atoms with van der Waals surface area (Å²) in [5.41, 5.74) is 2.07. The molecule has 6 heteroatoms. The molecule has 0 unspecified atom stereocenters. The summed E-state index contributed by atoms with van der Waals surface area (Å²) < 4.78 is 6.79. The van der Waals surface area contributed by atoms with Crippen molar-refractivity contribution in [2.45, 2.75) is 31.8 Å². The second-order valence-corrected chi connectivity index (χ2v) is 7.87. The van der Waals surface area contributed by atoms with Gasteiger partial charge in [-0.1, -0.05) is 28.1 Å². The average Bonchev–Trinajstić information content (AvgIpc) is 3.13. The Hall–Kier alpha value is -2.34. The highest BCUT2D eigenvalue weighted by molar-refractivity contribution is 9.10. The van der Waals surface area contributed by atoms with Crippen LogP contribution in [0.25, 0.3) is 11.0 Å². The van der Waals surface area contributed by atoms with Gasteiger partial charge in [0.05, 0.1) is 11.0 Å². The van der Waals surface area contributed by atoms with Gasteiger partial charge in [-0.25, -0.2) is 4.98 Å². The highest BCUT2D eigenvalue weighted by atomic mass is 79.9. The molecule has 2 heterocycles. The lowest BCUT2D eigenvalue weighted by Crippen LogP contribution is -2.44. The molecule has 0 saturated carbocycles. The van der Waals surface area contributed by atoms with Gasteiger partial charge in [-0.05, 0) is 56.2 Å². The summed E-state index contributed by atoms with van der Waals surface area (Å²) in [5.74, 6) is 2.14. The van der Waals surface area contributed by atoms with Crippen molar-refractivity contribution in [3.63, 3.8) is 0 Å². The fraction of sp³-hybridized carbons (Fsp3) is 0.333. The molecule has 1 N–H and O–H groups in total. The number of hydrogen-bond acceptors (Lipinski definition) is 3. The second-order valence-electron chi connectivity index (χ2n) is 6.95. The number of imidazole rings is 1. The van der Waals surface area contributed by atoms with Gasteiger partial charge in [0, 0.05) is 23.5 Å². The van der Waals surface area contributed by atoms with Crippen LogP contribution in [-0.4, -0.2) is 40.0 Å². The van der Waals surface area contributed by atoms with E-state index < -0.39 is 6.10 Å². The number of rotatable bonds is 4. The van der Waals surface area contributed by atoms with Crippen LogP contribution in [0.2, 0.25) is 0 Å². The molecular formula is C21H22BrN3O2. The summed E-state index contributed by atoms with van der Waals surface area (Å²) >= 11 is 3.40. The molecule has 5 nitrogen and oxygen atoms in total. The van der Waals surface area contributed by atoms with E-state index in [-0.39, 0.29) is 5.91 Å². The van der Waals surface area contributed by atoms with Crippen LogP contribution in [0.1, 0.15) is 31.5 Å². The Labute approximate surface area is 166 Å². The third-order valence-electron chi connectivity index (χ3n) is 5.08. The van der Waals surface area contributed by atoms with E-state index in [4.69, 9.17) is 9.72 Å². The van der Waals surface area contributed by atoms with Gasteiger partial charge in [-0.15, -0.1) is 0 Å². The normalized spacial score (nSPS) is 16.4. The molecule has 1 aromatic heterocycles. The van der Waals surface area contributed by atoms with Crippen molar-refractivity contribution in [2.75, 3.05) is 13.1 Å². The zero-order valence-electron chi connectivity index (χ0n) is 15.2. The molecule has 0 spiro atoms. The third-order valence-corrected chi connectivity index (χ3v) is 5.60. The number of carbonyl (C=O) groups excluding carboxylic acids is 1. The Morgan fingerprint density at radius 1 is 1.19 bits per heavy atom. The van der Waals surface area contributed by atoms with E-state index in [9.17, 15) is 4.79 Å². The Morgan fingerprint density at radius 3 is 2.59 bits per heavy atom. The van der Waals surface area contributed by atoms with Crippen molar-refractivity contribution < 1.29 is 9.53 Å². The number of amides is 1. The fourth-order valence-electron chi connectivity index (χ4n) is 3.56. The van der Waals surface area contributed by atoms with E-state index in [0.29, 0.717) is 11.7 Å². The number of carbonyl (C=O) groups is 1. The minimum Gasteiger partial charge on any atom is -0.481 e. The number of fused-ring (bicyclic) bond motifs is 1. The van der Waals surface area contributed by atoms with Crippen LogP contribution in [0.5, 0.6) is 5.75 Å². The lowest BCUT2D eigenvalue weighted by molar-refractivity contribution is -0.139. The first kappa shape index (κ1) is 18.0. The highest BCUT2D eigenvalue weighted by Gasteiger charge is 2.28. The SMILES string of the molecule is C[C@@H](Oc1ccc(Br)cc1)C(=O)N1CCC(c2nc3ccccc3[nH]2)CC1. The Balaban J connectivity index is 1.35. The summed E-state index contributed by atoms with van der Waals surface area (Å²) in [6.45, 7) is 3.28. The average molecular weight is 428 g/mol. The van der Waals surface area contributed by atoms with Crippen LogP contribution in [0.4, 0.5) is 0 Å². The van der Waals surface area contributed by atoms with Crippen LogP contribution < -0.4 is 4.74 Å². The van der Waals surface area contributed by atoms with E-state index in [1.54, 1.807) is 0 Å². The molecule has 1 amide bonds. The van der Waals surface area contributed by atoms with Crippen molar-refractivity contribution in [1.82, 2.24) is 14.9 Å². The summed E-state index contributed by atoms with van der Waals surface area (Å²) in [4.78, 5) is 22.8. The molecule has 3 aromatic rings. The number of nitrogens with zero attached hydrogens (tertiary/aromatic N) is 2. The fourth-order valence-corrected chi connectivity index (χ4v) is 3.83. The molecule has 1 aliphatic rings. The van der Waals surface area contributed by atoms with Crippen molar-refractivity contribution in [3.05, 3.63) is 58.8 Å². The van der Waals surface area contributed by atoms with E-state index in [1.807, 2.05) is 60.4 Å². The lowest BCUT2D eigenvalue weighted by atomic mass is 9.96. The minimum absolute atomic E-state index is 0.0426. The molecule has 4 rings (SSSR count). The number of para-hydroxylation sites is 2. The zero-order chi connectivity index (χ0) is 18.8. The maximum absolute atomic E-state index is 12.7. The molecule has 1 saturated heterocycles. The maximum atomic E-state index is 12.7. The van der Waals surface area contributed by atoms with Crippen molar-refractivity contribution >= 4 is 32.9 Å². The summed E-state index contributed by atoms with van der Waals surface area (Å²) in [6, 6.07) is 15.6. The van der Waals surface area contributed by atoms with Crippen LogP contribution in [-0.2, 0) is 4.79 Å². The van der Waals surface area contributed by atoms with E-state index in [2.05, 4.69) is 20.9 Å². The first-order valence-electron chi connectivity index (χ1n) is 9.26. The lowest BCUT2D eigenvalue weighted by Gasteiger charge is -2.32. The van der Waals surface area contributed by atoms with Gasteiger partial charge in [0.1, 0.15) is 11.6 Å². The number of aromatic amines is 1. The number of benzene rings is 2. The van der Waals surface area contributed by atoms with Gasteiger partial charge in [0.25, 0.3) is 5.91 Å². The van der Waals surface area contributed by atoms with Crippen LogP contribution in [0.3, 0.4) is 0 Å². The second kappa shape index (κ2) is 7.72. The van der Waals surface area contributed by atoms with Gasteiger partial charge in [0.2, 0.25) is 0 Å². The number of ether oxygens (including phenoxy) is 1. The van der Waals surface area contributed by atoms with E-state index in [0.717, 1.165) is 47.3 Å². The topological polar surface area (TPSA) is 58.2 Å². The smallest absolute Gasteiger partial charge is 0.263 e. The molecule has 27 heavy (non-hydrogen) atoms. The predicted octanol–water partition coefficient (Wildman–Crippen LogP) is 4.50. The minimum atomic E-state index is -0.492. The molecule has 0 aliphatic carbocycles. The molecular weight excluding hydrogens is 406 g/mol. The van der Waals surface area contributed by atoms with Crippen molar-refractivity contribution in [2.24, 2.45) is 0 Å². The van der Waals surface area contributed by atoms with Crippen LogP contribution >= 0.6 is 15.9 Å². The largest absolute Gasteiger partial charge is 0.481 e. The molecule has 1 aliphatic heterocycles. The van der Waals surface area contributed by atoms with Gasteiger partial charge in [-0.3, -0.25) is 4.79 Å². The zero-order valence-corrected chi connectivity index (χ0v) is 16.8. The molecule has 0 radical (unpaired) electrons. The molecule has 0 bridgehead atoms. The Bertz CT molecular complexity index is 897. The van der Waals surface area contributed by atoms with Gasteiger partial charge in [-0.2, -0.15) is 0 Å². The molecule has 1 fully saturated rings. The third kappa shape index (κ3) is 4.00. The Morgan fingerprint density at radius 2 is 1.89 bits per heavy atom. The standard InChI is InChI=1S/C21H22BrN3O2/c1-14(27-17-8-6-16(22)7-9-17)21(26)25-12-10-15(11-13-25)20-23-18-4-2-3-5-19(18)24-20/h2-9,14-15H,10-13H2,1H3,(H,23,24)/t14-/m1/s1. The summed E-state index contributed by atoms with van der Waals surface area (Å²) in [6.07, 6.45) is 1.33. The highest BCUT2D eigenvalue weighted by Crippen LogP contribution is 2.28. The first-order valence-corrected chi connectivity index (χ1v) is 10.0. The number of aromatic nitrogens is 2. The molecule has 140 valence electrons. The van der Waals surface area contributed by atoms with Crippen molar-refractivity contribution in [3.8, 4) is 5.75 Å². The van der Waals surface area contributed by atoms with Crippen molar-refractivity contribution in [1.29, 1.82) is 0 Å². The molecule has 2 aromatic carbocycles. The number of nitrogens with one attached hydrogen (secondary N) is 1. The Kier molecular flexibility index (Phi) is 5.16. The number of piperidine rings is 1. The summed E-state index contributed by atoms with van der Waals surface area (Å²) in [5, 5.41) is 0. The number of halogens is 1. The maximum Gasteiger partial charge on any atom is 0.263 e. The number of hydrogen-bond donors (Lipinski definition) is 1. The van der Waals surface area contributed by atoms with Gasteiger partial charge < -0.3 is 14.6 Å². The van der Waals surface area contributed by atoms with Crippen LogP contribution in [0, 0.1) is 0 Å². The predicted molar refractivity (Wildman–Crippen MR) is 109 cm³/mol. The quantitative estimate of drug-likeness (QED) is 0.666. The number of H-pyrrole nitrogens is 1. The van der Waals surface area contributed by atoms with E-state index >= 15 is 0 Å². The van der Waals surface area contributed by atoms with Crippen LogP contribution in [0.15, 0.2) is 53.0 Å². The molecule has 1 atom stereocenters. The van der Waals surface area contributed by atoms with Gasteiger partial charge >= 0.3 is 0 Å². The van der Waals surface area contributed by atoms with E-state index in [1.165, 1.54) is 0 Å². The monoisotopic (exact) mass is 427 g/mol.